The number of halogens is 1. The van der Waals surface area contributed by atoms with Crippen LogP contribution in [-0.4, -0.2) is 11.1 Å². The summed E-state index contributed by atoms with van der Waals surface area (Å²) in [4.78, 5) is 11.7. The number of anilines is 1. The molecule has 4 nitrogen and oxygen atoms in total. The Bertz CT molecular complexity index is 624. The summed E-state index contributed by atoms with van der Waals surface area (Å²) in [6.45, 7) is 2.15. The SMILES string of the molecule is Cc1ccc(N/N=C(\Cl)C(=O)OCc2ccccc2)cc1. The number of ether oxygens (including phenoxy) is 1. The van der Waals surface area contributed by atoms with Gasteiger partial charge in [0, 0.05) is 0 Å². The zero-order valence-corrected chi connectivity index (χ0v) is 12.3. The molecule has 2 aromatic rings. The summed E-state index contributed by atoms with van der Waals surface area (Å²) in [5, 5.41) is 3.55. The number of aryl methyl sites for hydroxylation is 1. The quantitative estimate of drug-likeness (QED) is 0.520. The van der Waals surface area contributed by atoms with Crippen LogP contribution < -0.4 is 5.43 Å². The van der Waals surface area contributed by atoms with Gasteiger partial charge in [0.25, 0.3) is 0 Å². The van der Waals surface area contributed by atoms with Crippen molar-refractivity contribution in [3.05, 3.63) is 65.7 Å². The van der Waals surface area contributed by atoms with E-state index in [0.717, 1.165) is 16.8 Å². The maximum atomic E-state index is 11.7. The number of nitrogens with one attached hydrogen (secondary N) is 1. The average Bonchev–Trinajstić information content (AvgIpc) is 2.52. The van der Waals surface area contributed by atoms with Gasteiger partial charge in [-0.05, 0) is 24.6 Å². The number of benzene rings is 2. The second kappa shape index (κ2) is 7.45. The molecule has 0 radical (unpaired) electrons. The van der Waals surface area contributed by atoms with Crippen LogP contribution in [0.4, 0.5) is 5.69 Å². The zero-order valence-electron chi connectivity index (χ0n) is 11.5. The van der Waals surface area contributed by atoms with E-state index in [1.54, 1.807) is 0 Å². The normalized spacial score (nSPS) is 11.0. The number of hydrazone groups is 1. The molecule has 5 heteroatoms. The molecule has 0 saturated heterocycles. The lowest BCUT2D eigenvalue weighted by Crippen LogP contribution is -2.13. The summed E-state index contributed by atoms with van der Waals surface area (Å²) in [7, 11) is 0. The number of rotatable bonds is 5. The number of hydrogen-bond donors (Lipinski definition) is 1. The molecular formula is C16H15ClN2O2. The van der Waals surface area contributed by atoms with Crippen molar-refractivity contribution in [1.29, 1.82) is 0 Å². The van der Waals surface area contributed by atoms with Crippen molar-refractivity contribution in [3.8, 4) is 0 Å². The van der Waals surface area contributed by atoms with E-state index in [1.165, 1.54) is 0 Å². The molecule has 0 saturated carbocycles. The van der Waals surface area contributed by atoms with E-state index < -0.39 is 5.97 Å². The van der Waals surface area contributed by atoms with Crippen LogP contribution in [0.5, 0.6) is 0 Å². The molecule has 1 N–H and O–H groups in total. The number of carbonyl (C=O) groups excluding carboxylic acids is 1. The number of esters is 1. The van der Waals surface area contributed by atoms with Crippen LogP contribution in [0.2, 0.25) is 0 Å². The Balaban J connectivity index is 1.86. The summed E-state index contributed by atoms with van der Waals surface area (Å²) in [6, 6.07) is 16.9. The zero-order chi connectivity index (χ0) is 15.1. The highest BCUT2D eigenvalue weighted by molar-refractivity contribution is 6.82. The molecule has 0 aliphatic rings. The topological polar surface area (TPSA) is 50.7 Å². The first-order valence-corrected chi connectivity index (χ1v) is 6.80. The van der Waals surface area contributed by atoms with Crippen LogP contribution in [0.1, 0.15) is 11.1 Å². The van der Waals surface area contributed by atoms with Crippen molar-refractivity contribution >= 4 is 28.4 Å². The van der Waals surface area contributed by atoms with Gasteiger partial charge in [-0.1, -0.05) is 59.6 Å². The third-order valence-corrected chi connectivity index (χ3v) is 2.95. The van der Waals surface area contributed by atoms with E-state index in [4.69, 9.17) is 16.3 Å². The molecule has 0 spiro atoms. The van der Waals surface area contributed by atoms with Gasteiger partial charge >= 0.3 is 5.97 Å². The van der Waals surface area contributed by atoms with Crippen molar-refractivity contribution in [2.45, 2.75) is 13.5 Å². The maximum Gasteiger partial charge on any atom is 0.371 e. The highest BCUT2D eigenvalue weighted by Gasteiger charge is 2.10. The molecule has 0 bridgehead atoms. The molecule has 108 valence electrons. The third-order valence-electron chi connectivity index (χ3n) is 2.72. The van der Waals surface area contributed by atoms with E-state index in [1.807, 2.05) is 61.5 Å². The molecule has 0 amide bonds. The Hall–Kier alpha value is -2.33. The van der Waals surface area contributed by atoms with Crippen molar-refractivity contribution in [2.75, 3.05) is 5.43 Å². The predicted octanol–water partition coefficient (Wildman–Crippen LogP) is 3.70. The van der Waals surface area contributed by atoms with Gasteiger partial charge in [0.1, 0.15) is 6.61 Å². The van der Waals surface area contributed by atoms with E-state index >= 15 is 0 Å². The molecule has 2 aromatic carbocycles. The summed E-state index contributed by atoms with van der Waals surface area (Å²) in [5.41, 5.74) is 5.48. The standard InChI is InChI=1S/C16H15ClN2O2/c1-12-7-9-14(10-8-12)18-19-15(17)16(20)21-11-13-5-3-2-4-6-13/h2-10,18H,11H2,1H3/b19-15-. The molecule has 0 unspecified atom stereocenters. The number of hydrogen-bond acceptors (Lipinski definition) is 4. The summed E-state index contributed by atoms with van der Waals surface area (Å²) >= 11 is 5.79. The Labute approximate surface area is 128 Å². The Morgan fingerprint density at radius 2 is 1.81 bits per heavy atom. The first-order chi connectivity index (χ1) is 10.1. The minimum absolute atomic E-state index is 0.163. The van der Waals surface area contributed by atoms with Gasteiger partial charge in [-0.3, -0.25) is 5.43 Å². The van der Waals surface area contributed by atoms with Gasteiger partial charge in [0.05, 0.1) is 5.69 Å². The lowest BCUT2D eigenvalue weighted by Gasteiger charge is -2.04. The van der Waals surface area contributed by atoms with E-state index in [9.17, 15) is 4.79 Å². The Morgan fingerprint density at radius 1 is 1.14 bits per heavy atom. The van der Waals surface area contributed by atoms with Crippen molar-refractivity contribution in [2.24, 2.45) is 5.10 Å². The lowest BCUT2D eigenvalue weighted by atomic mass is 10.2. The fourth-order valence-electron chi connectivity index (χ4n) is 1.57. The molecule has 0 atom stereocenters. The fourth-order valence-corrected chi connectivity index (χ4v) is 1.67. The number of nitrogens with zero attached hydrogens (tertiary/aromatic N) is 1. The van der Waals surface area contributed by atoms with Gasteiger partial charge in [0.15, 0.2) is 0 Å². The Morgan fingerprint density at radius 3 is 2.48 bits per heavy atom. The smallest absolute Gasteiger partial charge is 0.371 e. The van der Waals surface area contributed by atoms with Gasteiger partial charge < -0.3 is 4.74 Å². The molecule has 0 aliphatic heterocycles. The monoisotopic (exact) mass is 302 g/mol. The molecule has 0 aliphatic carbocycles. The third kappa shape index (κ3) is 4.93. The summed E-state index contributed by atoms with van der Waals surface area (Å²) in [5.74, 6) is -0.667. The minimum atomic E-state index is -0.667. The molecule has 2 rings (SSSR count). The molecular weight excluding hydrogens is 288 g/mol. The number of carbonyl (C=O) groups is 1. The second-order valence-electron chi connectivity index (χ2n) is 4.44. The first-order valence-electron chi connectivity index (χ1n) is 6.42. The highest BCUT2D eigenvalue weighted by Crippen LogP contribution is 2.09. The fraction of sp³-hybridized carbons (Fsp3) is 0.125. The highest BCUT2D eigenvalue weighted by atomic mass is 35.5. The Kier molecular flexibility index (Phi) is 5.35. The first kappa shape index (κ1) is 15.1. The summed E-state index contributed by atoms with van der Waals surface area (Å²) < 4.78 is 5.06. The predicted molar refractivity (Wildman–Crippen MR) is 84.3 cm³/mol. The van der Waals surface area contributed by atoms with Crippen molar-refractivity contribution in [1.82, 2.24) is 0 Å². The van der Waals surface area contributed by atoms with Crippen LogP contribution in [0.3, 0.4) is 0 Å². The average molecular weight is 303 g/mol. The van der Waals surface area contributed by atoms with Crippen LogP contribution >= 0.6 is 11.6 Å². The lowest BCUT2D eigenvalue weighted by molar-refractivity contribution is -0.136. The van der Waals surface area contributed by atoms with Gasteiger partial charge in [-0.2, -0.15) is 5.10 Å². The van der Waals surface area contributed by atoms with Gasteiger partial charge in [-0.15, -0.1) is 0 Å². The van der Waals surface area contributed by atoms with Gasteiger partial charge in [-0.25, -0.2) is 4.79 Å². The van der Waals surface area contributed by atoms with Crippen LogP contribution in [0.15, 0.2) is 59.7 Å². The van der Waals surface area contributed by atoms with E-state index in [0.29, 0.717) is 0 Å². The van der Waals surface area contributed by atoms with Gasteiger partial charge in [0.2, 0.25) is 5.17 Å². The maximum absolute atomic E-state index is 11.7. The second-order valence-corrected chi connectivity index (χ2v) is 4.80. The largest absolute Gasteiger partial charge is 0.455 e. The molecule has 21 heavy (non-hydrogen) atoms. The van der Waals surface area contributed by atoms with E-state index in [-0.39, 0.29) is 11.8 Å². The minimum Gasteiger partial charge on any atom is -0.455 e. The van der Waals surface area contributed by atoms with Crippen molar-refractivity contribution in [3.63, 3.8) is 0 Å². The van der Waals surface area contributed by atoms with Crippen LogP contribution in [0.25, 0.3) is 0 Å². The molecule has 0 fully saturated rings. The van der Waals surface area contributed by atoms with Crippen LogP contribution in [-0.2, 0) is 16.1 Å². The van der Waals surface area contributed by atoms with Crippen LogP contribution in [0, 0.1) is 6.92 Å². The molecule has 0 aromatic heterocycles. The van der Waals surface area contributed by atoms with E-state index in [2.05, 4.69) is 10.5 Å². The molecule has 0 heterocycles. The van der Waals surface area contributed by atoms with Crippen molar-refractivity contribution < 1.29 is 9.53 Å². The summed E-state index contributed by atoms with van der Waals surface area (Å²) in [6.07, 6.45) is 0.